The molecule has 1 heterocycles. The number of halogens is 1. The molecule has 0 radical (unpaired) electrons. The van der Waals surface area contributed by atoms with Crippen molar-refractivity contribution in [3.8, 4) is 0 Å². The molecular weight excluding hydrogens is 451 g/mol. The van der Waals surface area contributed by atoms with Gasteiger partial charge in [0.2, 0.25) is 6.41 Å². The third kappa shape index (κ3) is 7.52. The van der Waals surface area contributed by atoms with Crippen molar-refractivity contribution < 1.29 is 14.0 Å². The minimum atomic E-state index is -0.263. The summed E-state index contributed by atoms with van der Waals surface area (Å²) in [4.78, 5) is 30.0. The van der Waals surface area contributed by atoms with Crippen LogP contribution in [-0.4, -0.2) is 72.5 Å². The van der Waals surface area contributed by atoms with Crippen LogP contribution >= 0.6 is 11.8 Å². The maximum Gasteiger partial charge on any atom is 0.251 e. The molecule has 0 unspecified atom stereocenters. The topological polar surface area (TPSA) is 55.9 Å². The van der Waals surface area contributed by atoms with E-state index in [1.165, 1.54) is 23.9 Å². The van der Waals surface area contributed by atoms with Gasteiger partial charge in [-0.2, -0.15) is 0 Å². The molecule has 1 aliphatic rings. The molecule has 1 N–H and O–H groups in total. The van der Waals surface area contributed by atoms with Crippen molar-refractivity contribution in [2.75, 3.05) is 44.8 Å². The number of anilines is 1. The molecule has 6 nitrogen and oxygen atoms in total. The Hall–Kier alpha value is -3.00. The summed E-state index contributed by atoms with van der Waals surface area (Å²) in [6.07, 6.45) is 9.95. The number of carbonyl (C=O) groups excluding carboxylic acids is 2. The maximum atomic E-state index is 13.5. The highest BCUT2D eigenvalue weighted by Crippen LogP contribution is 2.27. The SMILES string of the molecule is C=C(/C=C(C)\C=C\C(=O)N(C)/C(=C\C)N1CCN(C=O)CC1)[C@@H](C)Nc1ccc(F)cc1SC. The number of allylic oxidation sites excluding steroid dienone is 3. The zero-order valence-electron chi connectivity index (χ0n) is 20.7. The highest BCUT2D eigenvalue weighted by Gasteiger charge is 2.21. The lowest BCUT2D eigenvalue weighted by atomic mass is 10.1. The summed E-state index contributed by atoms with van der Waals surface area (Å²) in [6, 6.07) is 4.60. The van der Waals surface area contributed by atoms with Crippen molar-refractivity contribution in [2.45, 2.75) is 31.7 Å². The van der Waals surface area contributed by atoms with E-state index in [1.807, 2.05) is 39.2 Å². The molecule has 8 heteroatoms. The Morgan fingerprint density at radius 2 is 1.94 bits per heavy atom. The molecule has 0 bridgehead atoms. The van der Waals surface area contributed by atoms with E-state index < -0.39 is 0 Å². The van der Waals surface area contributed by atoms with Crippen molar-refractivity contribution >= 4 is 29.8 Å². The Bertz CT molecular complexity index is 981. The Labute approximate surface area is 206 Å². The van der Waals surface area contributed by atoms with Gasteiger partial charge in [0.15, 0.2) is 0 Å². The first-order chi connectivity index (χ1) is 16.2. The van der Waals surface area contributed by atoms with Crippen molar-refractivity contribution in [1.82, 2.24) is 14.7 Å². The van der Waals surface area contributed by atoms with Gasteiger partial charge in [-0.25, -0.2) is 4.39 Å². The standard InChI is InChI=1S/C26H35FN4O2S/c1-7-25(31-14-12-30(18-32)13-15-31)29(5)26(33)11-8-19(2)16-20(3)21(4)28-23-10-9-22(27)17-24(23)34-6/h7-11,16-18,21,28H,3,12-15H2,1-2,4-6H3/b11-8+,19-16-,25-7+/t21-/m1/s1. The van der Waals surface area contributed by atoms with E-state index in [2.05, 4.69) is 16.8 Å². The largest absolute Gasteiger partial charge is 0.378 e. The van der Waals surface area contributed by atoms with Gasteiger partial charge < -0.3 is 15.1 Å². The quantitative estimate of drug-likeness (QED) is 0.228. The maximum absolute atomic E-state index is 13.5. The number of likely N-dealkylation sites (N-methyl/N-ethyl adjacent to an activating group) is 1. The summed E-state index contributed by atoms with van der Waals surface area (Å²) in [7, 11) is 1.75. The van der Waals surface area contributed by atoms with E-state index in [4.69, 9.17) is 0 Å². The summed E-state index contributed by atoms with van der Waals surface area (Å²) in [5.74, 6) is 0.431. The normalized spacial score (nSPS) is 15.9. The van der Waals surface area contributed by atoms with Crippen molar-refractivity contribution in [3.05, 3.63) is 71.9 Å². The number of thioether (sulfide) groups is 1. The van der Waals surface area contributed by atoms with E-state index in [0.717, 1.165) is 34.0 Å². The second-order valence-electron chi connectivity index (χ2n) is 8.18. The first kappa shape index (κ1) is 27.2. The van der Waals surface area contributed by atoms with Crippen LogP contribution in [-0.2, 0) is 9.59 Å². The van der Waals surface area contributed by atoms with Gasteiger partial charge in [-0.3, -0.25) is 14.5 Å². The molecule has 1 saturated heterocycles. The lowest BCUT2D eigenvalue weighted by Gasteiger charge is -2.38. The number of nitrogens with zero attached hydrogens (tertiary/aromatic N) is 3. The van der Waals surface area contributed by atoms with Gasteiger partial charge in [-0.05, 0) is 56.9 Å². The molecule has 2 rings (SSSR count). The number of hydrogen-bond acceptors (Lipinski definition) is 5. The molecule has 1 aromatic carbocycles. The van der Waals surface area contributed by atoms with Gasteiger partial charge in [0.25, 0.3) is 5.91 Å². The Balaban J connectivity index is 1.98. The smallest absolute Gasteiger partial charge is 0.251 e. The van der Waals surface area contributed by atoms with E-state index in [0.29, 0.717) is 26.2 Å². The van der Waals surface area contributed by atoms with Crippen LogP contribution in [0.1, 0.15) is 20.8 Å². The highest BCUT2D eigenvalue weighted by molar-refractivity contribution is 7.98. The van der Waals surface area contributed by atoms with Crippen LogP contribution in [0.3, 0.4) is 0 Å². The van der Waals surface area contributed by atoms with Crippen molar-refractivity contribution in [2.24, 2.45) is 0 Å². The minimum absolute atomic E-state index is 0.0715. The molecule has 1 aliphatic heterocycles. The predicted octanol–water partition coefficient (Wildman–Crippen LogP) is 4.50. The molecule has 1 aromatic rings. The van der Waals surface area contributed by atoms with Crippen molar-refractivity contribution in [1.29, 1.82) is 0 Å². The summed E-state index contributed by atoms with van der Waals surface area (Å²) in [5, 5.41) is 3.37. The zero-order chi connectivity index (χ0) is 25.3. The zero-order valence-corrected chi connectivity index (χ0v) is 21.5. The fourth-order valence-corrected chi connectivity index (χ4v) is 4.23. The molecule has 1 atom stereocenters. The highest BCUT2D eigenvalue weighted by atomic mass is 32.2. The average molecular weight is 487 g/mol. The fourth-order valence-electron chi connectivity index (χ4n) is 3.65. The molecule has 1 fully saturated rings. The molecular formula is C26H35FN4O2S. The third-order valence-corrected chi connectivity index (χ3v) is 6.49. The van der Waals surface area contributed by atoms with Crippen LogP contribution in [0.2, 0.25) is 0 Å². The van der Waals surface area contributed by atoms with E-state index in [-0.39, 0.29) is 17.8 Å². The molecule has 0 saturated carbocycles. The van der Waals surface area contributed by atoms with Gasteiger partial charge in [-0.15, -0.1) is 11.8 Å². The minimum Gasteiger partial charge on any atom is -0.378 e. The van der Waals surface area contributed by atoms with Crippen LogP contribution in [0.5, 0.6) is 0 Å². The van der Waals surface area contributed by atoms with E-state index in [1.54, 1.807) is 35.1 Å². The number of hydrogen-bond donors (Lipinski definition) is 1. The first-order valence-corrected chi connectivity index (χ1v) is 12.5. The first-order valence-electron chi connectivity index (χ1n) is 11.2. The summed E-state index contributed by atoms with van der Waals surface area (Å²) in [5.41, 5.74) is 2.60. The molecule has 184 valence electrons. The lowest BCUT2D eigenvalue weighted by Crippen LogP contribution is -2.48. The number of rotatable bonds is 10. The van der Waals surface area contributed by atoms with Gasteiger partial charge in [-0.1, -0.05) is 24.3 Å². The summed E-state index contributed by atoms with van der Waals surface area (Å²) in [6.45, 7) is 12.6. The van der Waals surface area contributed by atoms with E-state index >= 15 is 0 Å². The molecule has 34 heavy (non-hydrogen) atoms. The third-order valence-electron chi connectivity index (χ3n) is 5.71. The second kappa shape index (κ2) is 13.0. The van der Waals surface area contributed by atoms with Crippen LogP contribution < -0.4 is 5.32 Å². The van der Waals surface area contributed by atoms with Gasteiger partial charge in [0.1, 0.15) is 11.6 Å². The Morgan fingerprint density at radius 1 is 1.26 bits per heavy atom. The predicted molar refractivity (Wildman–Crippen MR) is 139 cm³/mol. The fraction of sp³-hybridized carbons (Fsp3) is 0.385. The van der Waals surface area contributed by atoms with Crippen LogP contribution in [0.25, 0.3) is 0 Å². The van der Waals surface area contributed by atoms with Gasteiger partial charge >= 0.3 is 0 Å². The number of benzene rings is 1. The van der Waals surface area contributed by atoms with E-state index in [9.17, 15) is 14.0 Å². The average Bonchev–Trinajstić information content (AvgIpc) is 2.84. The number of nitrogens with one attached hydrogen (secondary N) is 1. The van der Waals surface area contributed by atoms with Crippen LogP contribution in [0, 0.1) is 5.82 Å². The van der Waals surface area contributed by atoms with Gasteiger partial charge in [0.05, 0.1) is 0 Å². The Morgan fingerprint density at radius 3 is 2.53 bits per heavy atom. The second-order valence-corrected chi connectivity index (χ2v) is 9.03. The van der Waals surface area contributed by atoms with Crippen LogP contribution in [0.15, 0.2) is 70.9 Å². The molecule has 0 aromatic heterocycles. The molecule has 2 amide bonds. The molecule has 0 aliphatic carbocycles. The number of amides is 2. The summed E-state index contributed by atoms with van der Waals surface area (Å²) >= 11 is 1.48. The van der Waals surface area contributed by atoms with Crippen molar-refractivity contribution in [3.63, 3.8) is 0 Å². The van der Waals surface area contributed by atoms with Crippen LogP contribution in [0.4, 0.5) is 10.1 Å². The molecule has 0 spiro atoms. The number of carbonyl (C=O) groups is 2. The summed E-state index contributed by atoms with van der Waals surface area (Å²) < 4.78 is 13.5. The van der Waals surface area contributed by atoms with Gasteiger partial charge in [0, 0.05) is 55.9 Å². The monoisotopic (exact) mass is 486 g/mol. The Kier molecular flexibility index (Phi) is 10.4. The lowest BCUT2D eigenvalue weighted by molar-refractivity contribution is -0.125. The number of piperazine rings is 1.